The summed E-state index contributed by atoms with van der Waals surface area (Å²) in [6.07, 6.45) is 0.981. The number of carbonyl (C=O) groups is 2. The van der Waals surface area contributed by atoms with Crippen molar-refractivity contribution in [1.29, 1.82) is 0 Å². The highest BCUT2D eigenvalue weighted by molar-refractivity contribution is 5.99. The van der Waals surface area contributed by atoms with Crippen LogP contribution in [0.2, 0.25) is 0 Å². The van der Waals surface area contributed by atoms with Crippen molar-refractivity contribution in [3.8, 4) is 16.9 Å². The number of ether oxygens (including phenoxy) is 2. The average molecular weight is 386 g/mol. The van der Waals surface area contributed by atoms with Crippen LogP contribution in [-0.4, -0.2) is 25.0 Å². The highest BCUT2D eigenvalue weighted by Crippen LogP contribution is 2.36. The normalized spacial score (nSPS) is 11.5. The van der Waals surface area contributed by atoms with Crippen LogP contribution in [-0.2, 0) is 16.0 Å². The molecule has 0 aliphatic heterocycles. The summed E-state index contributed by atoms with van der Waals surface area (Å²) >= 11 is 0. The van der Waals surface area contributed by atoms with Gasteiger partial charge in [0.15, 0.2) is 12.4 Å². The standard InChI is InChI=1S/C25H22O4/c1-17-5-4-7-21(13-17)28-12-11-25(27)29-16-24(26)20-10-9-19-14-18-6-2-3-8-22(18)23(19)15-20/h2-10,13,15H,11-12,14,16H2,1H3. The number of hydrogen-bond donors (Lipinski definition) is 0. The summed E-state index contributed by atoms with van der Waals surface area (Å²) in [4.78, 5) is 24.4. The number of esters is 1. The number of benzene rings is 3. The highest BCUT2D eigenvalue weighted by atomic mass is 16.5. The van der Waals surface area contributed by atoms with Gasteiger partial charge in [0, 0.05) is 5.56 Å². The lowest BCUT2D eigenvalue weighted by molar-refractivity contribution is -0.143. The van der Waals surface area contributed by atoms with E-state index in [0.29, 0.717) is 11.3 Å². The van der Waals surface area contributed by atoms with Gasteiger partial charge >= 0.3 is 5.97 Å². The highest BCUT2D eigenvalue weighted by Gasteiger charge is 2.20. The number of Topliss-reactive ketones (excluding diaryl/α,β-unsaturated/α-hetero) is 1. The monoisotopic (exact) mass is 386 g/mol. The molecule has 0 saturated carbocycles. The third-order valence-electron chi connectivity index (χ3n) is 5.05. The molecule has 0 saturated heterocycles. The van der Waals surface area contributed by atoms with E-state index in [1.165, 1.54) is 16.7 Å². The number of fused-ring (bicyclic) bond motifs is 3. The van der Waals surface area contributed by atoms with Crippen molar-refractivity contribution in [3.05, 3.63) is 89.0 Å². The molecular weight excluding hydrogens is 364 g/mol. The number of ketones is 1. The topological polar surface area (TPSA) is 52.6 Å². The van der Waals surface area contributed by atoms with Gasteiger partial charge in [-0.2, -0.15) is 0 Å². The van der Waals surface area contributed by atoms with Gasteiger partial charge in [-0.1, -0.05) is 48.5 Å². The molecule has 3 aromatic rings. The lowest BCUT2D eigenvalue weighted by Gasteiger charge is -2.08. The summed E-state index contributed by atoms with van der Waals surface area (Å²) in [5, 5.41) is 0. The van der Waals surface area contributed by atoms with E-state index in [1.807, 2.05) is 61.5 Å². The Morgan fingerprint density at radius 3 is 2.59 bits per heavy atom. The van der Waals surface area contributed by atoms with Gasteiger partial charge in [0.2, 0.25) is 0 Å². The molecular formula is C25H22O4. The molecule has 0 bridgehead atoms. The second-order valence-corrected chi connectivity index (χ2v) is 7.20. The van der Waals surface area contributed by atoms with Gasteiger partial charge in [0.1, 0.15) is 5.75 Å². The lowest BCUT2D eigenvalue weighted by atomic mass is 10.0. The van der Waals surface area contributed by atoms with Gasteiger partial charge in [-0.3, -0.25) is 9.59 Å². The molecule has 0 N–H and O–H groups in total. The van der Waals surface area contributed by atoms with Crippen LogP contribution >= 0.6 is 0 Å². The maximum absolute atomic E-state index is 12.5. The number of carbonyl (C=O) groups excluding carboxylic acids is 2. The van der Waals surface area contributed by atoms with Crippen molar-refractivity contribution in [3.63, 3.8) is 0 Å². The second-order valence-electron chi connectivity index (χ2n) is 7.20. The van der Waals surface area contributed by atoms with Crippen molar-refractivity contribution in [2.45, 2.75) is 19.8 Å². The molecule has 4 nitrogen and oxygen atoms in total. The van der Waals surface area contributed by atoms with Crippen molar-refractivity contribution >= 4 is 11.8 Å². The molecule has 29 heavy (non-hydrogen) atoms. The third-order valence-corrected chi connectivity index (χ3v) is 5.05. The Morgan fingerprint density at radius 2 is 1.72 bits per heavy atom. The predicted molar refractivity (Wildman–Crippen MR) is 111 cm³/mol. The molecule has 146 valence electrons. The van der Waals surface area contributed by atoms with Gasteiger partial charge in [-0.05, 0) is 59.4 Å². The SMILES string of the molecule is Cc1cccc(OCCC(=O)OCC(=O)c2ccc3c(c2)-c2ccccc2C3)c1. The summed E-state index contributed by atoms with van der Waals surface area (Å²) in [5.41, 5.74) is 6.39. The van der Waals surface area contributed by atoms with Crippen molar-refractivity contribution < 1.29 is 19.1 Å². The van der Waals surface area contributed by atoms with Crippen LogP contribution in [0.4, 0.5) is 0 Å². The van der Waals surface area contributed by atoms with Crippen LogP contribution in [0.5, 0.6) is 5.75 Å². The lowest BCUT2D eigenvalue weighted by Crippen LogP contribution is -2.16. The zero-order valence-corrected chi connectivity index (χ0v) is 16.3. The van der Waals surface area contributed by atoms with E-state index < -0.39 is 5.97 Å². The minimum Gasteiger partial charge on any atom is -0.493 e. The van der Waals surface area contributed by atoms with Crippen molar-refractivity contribution in [1.82, 2.24) is 0 Å². The largest absolute Gasteiger partial charge is 0.493 e. The quantitative estimate of drug-likeness (QED) is 0.339. The molecule has 1 aliphatic carbocycles. The Morgan fingerprint density at radius 1 is 0.897 bits per heavy atom. The number of aryl methyl sites for hydroxylation is 1. The van der Waals surface area contributed by atoms with E-state index in [2.05, 4.69) is 12.1 Å². The van der Waals surface area contributed by atoms with Crippen LogP contribution in [0.15, 0.2) is 66.7 Å². The molecule has 0 aromatic heterocycles. The van der Waals surface area contributed by atoms with Gasteiger partial charge < -0.3 is 9.47 Å². The molecule has 0 amide bonds. The van der Waals surface area contributed by atoms with Crippen molar-refractivity contribution in [2.75, 3.05) is 13.2 Å². The molecule has 4 rings (SSSR count). The fourth-order valence-electron chi connectivity index (χ4n) is 3.56. The molecule has 4 heteroatoms. The molecule has 0 fully saturated rings. The first-order valence-electron chi connectivity index (χ1n) is 9.69. The van der Waals surface area contributed by atoms with E-state index in [9.17, 15) is 9.59 Å². The zero-order valence-electron chi connectivity index (χ0n) is 16.3. The fraction of sp³-hybridized carbons (Fsp3) is 0.200. The first kappa shape index (κ1) is 18.9. The van der Waals surface area contributed by atoms with Gasteiger partial charge in [0.25, 0.3) is 0 Å². The van der Waals surface area contributed by atoms with E-state index in [1.54, 1.807) is 0 Å². The van der Waals surface area contributed by atoms with Crippen LogP contribution in [0.1, 0.15) is 33.5 Å². The predicted octanol–water partition coefficient (Wildman–Crippen LogP) is 4.76. The molecule has 0 atom stereocenters. The first-order valence-corrected chi connectivity index (χ1v) is 9.69. The Balaban J connectivity index is 1.30. The van der Waals surface area contributed by atoms with Crippen LogP contribution < -0.4 is 4.74 Å². The summed E-state index contributed by atoms with van der Waals surface area (Å²) < 4.78 is 10.7. The van der Waals surface area contributed by atoms with Gasteiger partial charge in [-0.15, -0.1) is 0 Å². The Bertz CT molecular complexity index is 1070. The number of rotatable bonds is 7. The maximum Gasteiger partial charge on any atom is 0.309 e. The van der Waals surface area contributed by atoms with E-state index >= 15 is 0 Å². The first-order chi connectivity index (χ1) is 14.1. The van der Waals surface area contributed by atoms with E-state index in [4.69, 9.17) is 9.47 Å². The van der Waals surface area contributed by atoms with E-state index in [-0.39, 0.29) is 25.4 Å². The second kappa shape index (κ2) is 8.31. The fourth-order valence-corrected chi connectivity index (χ4v) is 3.56. The third kappa shape index (κ3) is 4.37. The van der Waals surface area contributed by atoms with Crippen LogP contribution in [0.25, 0.3) is 11.1 Å². The molecule has 1 aliphatic rings. The molecule has 0 radical (unpaired) electrons. The van der Waals surface area contributed by atoms with Gasteiger partial charge in [0.05, 0.1) is 13.0 Å². The Labute approximate surface area is 170 Å². The number of hydrogen-bond acceptors (Lipinski definition) is 4. The molecule has 0 spiro atoms. The molecule has 0 unspecified atom stereocenters. The maximum atomic E-state index is 12.5. The average Bonchev–Trinajstić information content (AvgIpc) is 3.10. The molecule has 0 heterocycles. The van der Waals surface area contributed by atoms with E-state index in [0.717, 1.165) is 17.5 Å². The van der Waals surface area contributed by atoms with Crippen molar-refractivity contribution in [2.24, 2.45) is 0 Å². The minimum atomic E-state index is -0.447. The summed E-state index contributed by atoms with van der Waals surface area (Å²) in [5.74, 6) is 0.0648. The van der Waals surface area contributed by atoms with Crippen LogP contribution in [0.3, 0.4) is 0 Å². The van der Waals surface area contributed by atoms with Gasteiger partial charge in [-0.25, -0.2) is 0 Å². The van der Waals surface area contributed by atoms with Crippen LogP contribution in [0, 0.1) is 6.92 Å². The Hall–Kier alpha value is -3.40. The zero-order chi connectivity index (χ0) is 20.2. The summed E-state index contributed by atoms with van der Waals surface area (Å²) in [6, 6.07) is 21.5. The Kier molecular flexibility index (Phi) is 5.43. The minimum absolute atomic E-state index is 0.0960. The molecule has 3 aromatic carbocycles. The smallest absolute Gasteiger partial charge is 0.309 e. The summed E-state index contributed by atoms with van der Waals surface area (Å²) in [7, 11) is 0. The summed E-state index contributed by atoms with van der Waals surface area (Å²) in [6.45, 7) is 1.93.